The first-order valence-electron chi connectivity index (χ1n) is 7.13. The van der Waals surface area contributed by atoms with Crippen molar-refractivity contribution in [2.45, 2.75) is 13.0 Å². The van der Waals surface area contributed by atoms with Crippen molar-refractivity contribution in [3.05, 3.63) is 54.0 Å². The second kappa shape index (κ2) is 7.77. The maximum atomic E-state index is 12.2. The number of para-hydroxylation sites is 1. The highest BCUT2D eigenvalue weighted by atomic mass is 16.5. The molecule has 1 aromatic carbocycles. The van der Waals surface area contributed by atoms with Gasteiger partial charge in [0.2, 0.25) is 0 Å². The van der Waals surface area contributed by atoms with Crippen molar-refractivity contribution in [1.29, 1.82) is 0 Å². The zero-order chi connectivity index (χ0) is 18.4. The SMILES string of the molecule is C[C@@H](OC(=O)c1ccccc1NC(=O)c1ccco1)C(=O)NC(N)=O. The average molecular weight is 345 g/mol. The molecule has 0 fully saturated rings. The molecule has 0 aliphatic rings. The summed E-state index contributed by atoms with van der Waals surface area (Å²) in [6.07, 6.45) is 0.0857. The molecule has 0 unspecified atom stereocenters. The van der Waals surface area contributed by atoms with Crippen LogP contribution in [0.2, 0.25) is 0 Å². The fourth-order valence-corrected chi connectivity index (χ4v) is 1.86. The van der Waals surface area contributed by atoms with Gasteiger partial charge in [0.15, 0.2) is 11.9 Å². The van der Waals surface area contributed by atoms with Gasteiger partial charge in [-0.05, 0) is 31.2 Å². The van der Waals surface area contributed by atoms with E-state index < -0.39 is 29.9 Å². The molecule has 2 aromatic rings. The summed E-state index contributed by atoms with van der Waals surface area (Å²) in [6, 6.07) is 8.04. The van der Waals surface area contributed by atoms with Gasteiger partial charge in [0.05, 0.1) is 17.5 Å². The summed E-state index contributed by atoms with van der Waals surface area (Å²) < 4.78 is 9.95. The first kappa shape index (κ1) is 17.7. The first-order chi connectivity index (χ1) is 11.9. The topological polar surface area (TPSA) is 141 Å². The molecule has 0 saturated heterocycles. The molecule has 0 bridgehead atoms. The van der Waals surface area contributed by atoms with Crippen LogP contribution in [0.3, 0.4) is 0 Å². The van der Waals surface area contributed by atoms with Crippen molar-refractivity contribution < 1.29 is 28.3 Å². The van der Waals surface area contributed by atoms with Gasteiger partial charge < -0.3 is 20.2 Å². The lowest BCUT2D eigenvalue weighted by molar-refractivity contribution is -0.127. The van der Waals surface area contributed by atoms with Crippen LogP contribution in [0.4, 0.5) is 10.5 Å². The van der Waals surface area contributed by atoms with Crippen molar-refractivity contribution in [1.82, 2.24) is 5.32 Å². The Balaban J connectivity index is 2.11. The lowest BCUT2D eigenvalue weighted by atomic mass is 10.1. The summed E-state index contributed by atoms with van der Waals surface area (Å²) in [6.45, 7) is 1.28. The number of nitrogens with one attached hydrogen (secondary N) is 2. The van der Waals surface area contributed by atoms with Crippen LogP contribution in [-0.4, -0.2) is 29.9 Å². The second-order valence-electron chi connectivity index (χ2n) is 4.88. The van der Waals surface area contributed by atoms with E-state index in [4.69, 9.17) is 14.9 Å². The number of ether oxygens (including phenoxy) is 1. The van der Waals surface area contributed by atoms with Gasteiger partial charge in [0.25, 0.3) is 11.8 Å². The van der Waals surface area contributed by atoms with Crippen molar-refractivity contribution >= 4 is 29.5 Å². The Hall–Kier alpha value is -3.62. The molecule has 1 aromatic heterocycles. The van der Waals surface area contributed by atoms with Crippen LogP contribution >= 0.6 is 0 Å². The number of nitrogens with two attached hydrogens (primary N) is 1. The number of rotatable bonds is 5. The standard InChI is InChI=1S/C16H15N3O6/c1-9(13(20)19-16(17)23)25-15(22)10-5-2-3-6-11(10)18-14(21)12-7-4-8-24-12/h2-9H,1H3,(H,18,21)(H3,17,19,20,23)/t9-/m1/s1. The molecule has 1 heterocycles. The third-order valence-electron chi connectivity index (χ3n) is 3.04. The molecule has 0 spiro atoms. The zero-order valence-electron chi connectivity index (χ0n) is 13.1. The van der Waals surface area contributed by atoms with Crippen LogP contribution in [0.1, 0.15) is 27.8 Å². The third-order valence-corrected chi connectivity index (χ3v) is 3.04. The maximum Gasteiger partial charge on any atom is 0.341 e. The van der Waals surface area contributed by atoms with Crippen LogP contribution in [-0.2, 0) is 9.53 Å². The molecule has 0 aliphatic heterocycles. The zero-order valence-corrected chi connectivity index (χ0v) is 13.1. The molecule has 0 aliphatic carbocycles. The number of urea groups is 1. The van der Waals surface area contributed by atoms with E-state index in [0.717, 1.165) is 0 Å². The van der Waals surface area contributed by atoms with Gasteiger partial charge in [-0.1, -0.05) is 12.1 Å². The molecule has 0 saturated carbocycles. The molecule has 2 rings (SSSR count). The number of hydrogen-bond acceptors (Lipinski definition) is 6. The number of anilines is 1. The van der Waals surface area contributed by atoms with E-state index in [-0.39, 0.29) is 17.0 Å². The predicted molar refractivity (Wildman–Crippen MR) is 85.7 cm³/mol. The predicted octanol–water partition coefficient (Wildman–Crippen LogP) is 1.27. The number of carbonyl (C=O) groups excluding carboxylic acids is 4. The van der Waals surface area contributed by atoms with Crippen LogP contribution in [0.5, 0.6) is 0 Å². The molecule has 9 heteroatoms. The number of furan rings is 1. The monoisotopic (exact) mass is 345 g/mol. The Morgan fingerprint density at radius 2 is 1.84 bits per heavy atom. The smallest absolute Gasteiger partial charge is 0.341 e. The fourth-order valence-electron chi connectivity index (χ4n) is 1.86. The summed E-state index contributed by atoms with van der Waals surface area (Å²) in [5.41, 5.74) is 5.04. The van der Waals surface area contributed by atoms with E-state index in [0.29, 0.717) is 0 Å². The molecule has 9 nitrogen and oxygen atoms in total. The van der Waals surface area contributed by atoms with Gasteiger partial charge in [-0.25, -0.2) is 9.59 Å². The van der Waals surface area contributed by atoms with Crippen molar-refractivity contribution in [3.8, 4) is 0 Å². The van der Waals surface area contributed by atoms with Gasteiger partial charge in [-0.3, -0.25) is 14.9 Å². The number of amides is 4. The van der Waals surface area contributed by atoms with E-state index in [1.165, 1.54) is 31.4 Å². The number of primary amides is 1. The van der Waals surface area contributed by atoms with E-state index in [2.05, 4.69) is 5.32 Å². The average Bonchev–Trinajstić information content (AvgIpc) is 3.09. The Morgan fingerprint density at radius 3 is 2.48 bits per heavy atom. The third kappa shape index (κ3) is 4.67. The number of imide groups is 1. The first-order valence-corrected chi connectivity index (χ1v) is 7.13. The number of benzene rings is 1. The van der Waals surface area contributed by atoms with Crippen molar-refractivity contribution in [2.75, 3.05) is 5.32 Å². The van der Waals surface area contributed by atoms with Gasteiger partial charge in [-0.2, -0.15) is 0 Å². The number of carbonyl (C=O) groups is 4. The molecular weight excluding hydrogens is 330 g/mol. The minimum absolute atomic E-state index is 0.0288. The highest BCUT2D eigenvalue weighted by Gasteiger charge is 2.22. The lowest BCUT2D eigenvalue weighted by Crippen LogP contribution is -2.42. The largest absolute Gasteiger partial charge is 0.459 e. The van der Waals surface area contributed by atoms with Crippen molar-refractivity contribution in [2.24, 2.45) is 5.73 Å². The second-order valence-corrected chi connectivity index (χ2v) is 4.88. The Bertz CT molecular complexity index is 800. The quantitative estimate of drug-likeness (QED) is 0.697. The van der Waals surface area contributed by atoms with Crippen molar-refractivity contribution in [3.63, 3.8) is 0 Å². The number of esters is 1. The van der Waals surface area contributed by atoms with Crippen LogP contribution < -0.4 is 16.4 Å². The van der Waals surface area contributed by atoms with Gasteiger partial charge >= 0.3 is 12.0 Å². The maximum absolute atomic E-state index is 12.2. The normalized spacial score (nSPS) is 11.2. The van der Waals surface area contributed by atoms with Crippen LogP contribution in [0.15, 0.2) is 47.1 Å². The van der Waals surface area contributed by atoms with E-state index >= 15 is 0 Å². The van der Waals surface area contributed by atoms with Gasteiger partial charge in [0, 0.05) is 0 Å². The Kier molecular flexibility index (Phi) is 5.51. The van der Waals surface area contributed by atoms with Gasteiger partial charge in [-0.15, -0.1) is 0 Å². The van der Waals surface area contributed by atoms with Crippen LogP contribution in [0.25, 0.3) is 0 Å². The lowest BCUT2D eigenvalue weighted by Gasteiger charge is -2.14. The Labute approximate surface area is 142 Å². The number of hydrogen-bond donors (Lipinski definition) is 3. The summed E-state index contributed by atoms with van der Waals surface area (Å²) in [5.74, 6) is -2.21. The summed E-state index contributed by atoms with van der Waals surface area (Å²) >= 11 is 0. The minimum Gasteiger partial charge on any atom is -0.459 e. The molecule has 4 N–H and O–H groups in total. The summed E-state index contributed by atoms with van der Waals surface area (Å²) in [7, 11) is 0. The van der Waals surface area contributed by atoms with E-state index in [1.54, 1.807) is 23.5 Å². The molecule has 0 radical (unpaired) electrons. The molecule has 130 valence electrons. The van der Waals surface area contributed by atoms with E-state index in [9.17, 15) is 19.2 Å². The minimum atomic E-state index is -1.26. The highest BCUT2D eigenvalue weighted by molar-refractivity contribution is 6.07. The Morgan fingerprint density at radius 1 is 1.12 bits per heavy atom. The molecule has 4 amide bonds. The van der Waals surface area contributed by atoms with E-state index in [1.807, 2.05) is 0 Å². The highest BCUT2D eigenvalue weighted by Crippen LogP contribution is 2.18. The fraction of sp³-hybridized carbons (Fsp3) is 0.125. The molecular formula is C16H15N3O6. The molecule has 25 heavy (non-hydrogen) atoms. The van der Waals surface area contributed by atoms with Gasteiger partial charge in [0.1, 0.15) is 0 Å². The summed E-state index contributed by atoms with van der Waals surface area (Å²) in [4.78, 5) is 46.5. The molecule has 1 atom stereocenters. The van der Waals surface area contributed by atoms with Crippen LogP contribution in [0, 0.1) is 0 Å². The summed E-state index contributed by atoms with van der Waals surface area (Å²) in [5, 5.41) is 4.33.